The first-order valence-corrected chi connectivity index (χ1v) is 8.61. The summed E-state index contributed by atoms with van der Waals surface area (Å²) >= 11 is 8.92. The molecule has 1 aromatic rings. The molecular formula is C12H15BrClNO4S. The minimum Gasteiger partial charge on any atom is -0.459 e. The van der Waals surface area contributed by atoms with Crippen molar-refractivity contribution in [2.24, 2.45) is 5.14 Å². The third-order valence-electron chi connectivity index (χ3n) is 2.54. The molecule has 112 valence electrons. The van der Waals surface area contributed by atoms with Crippen molar-refractivity contribution < 1.29 is 17.9 Å². The van der Waals surface area contributed by atoms with E-state index in [-0.39, 0.29) is 26.1 Å². The van der Waals surface area contributed by atoms with E-state index >= 15 is 0 Å². The smallest absolute Gasteiger partial charge is 0.338 e. The molecule has 0 aromatic heterocycles. The zero-order chi connectivity index (χ0) is 15.5. The highest BCUT2D eigenvalue weighted by molar-refractivity contribution is 9.10. The maximum absolute atomic E-state index is 11.9. The van der Waals surface area contributed by atoms with Gasteiger partial charge in [0.25, 0.3) is 0 Å². The van der Waals surface area contributed by atoms with Crippen LogP contribution in [0.2, 0.25) is 5.02 Å². The molecule has 5 nitrogen and oxygen atoms in total. The van der Waals surface area contributed by atoms with Crippen LogP contribution in [0.4, 0.5) is 0 Å². The van der Waals surface area contributed by atoms with Crippen molar-refractivity contribution in [3.63, 3.8) is 0 Å². The summed E-state index contributed by atoms with van der Waals surface area (Å²) in [6.45, 7) is 3.74. The molecule has 1 unspecified atom stereocenters. The highest BCUT2D eigenvalue weighted by Gasteiger charge is 2.20. The van der Waals surface area contributed by atoms with Crippen molar-refractivity contribution in [1.29, 1.82) is 0 Å². The lowest BCUT2D eigenvalue weighted by atomic mass is 10.2. The van der Waals surface area contributed by atoms with Crippen LogP contribution in [-0.4, -0.2) is 20.5 Å². The number of hydrogen-bond acceptors (Lipinski definition) is 4. The number of carbonyl (C=O) groups is 1. The fraction of sp³-hybridized carbons (Fsp3) is 0.417. The van der Waals surface area contributed by atoms with Gasteiger partial charge < -0.3 is 4.74 Å². The predicted molar refractivity (Wildman–Crippen MR) is 80.3 cm³/mol. The molecule has 0 bridgehead atoms. The minimum absolute atomic E-state index is 0.0465. The maximum atomic E-state index is 11.9. The molecule has 1 atom stereocenters. The van der Waals surface area contributed by atoms with Gasteiger partial charge in [0.2, 0.25) is 10.0 Å². The molecule has 0 radical (unpaired) electrons. The van der Waals surface area contributed by atoms with Crippen LogP contribution in [0, 0.1) is 0 Å². The van der Waals surface area contributed by atoms with E-state index < -0.39 is 16.0 Å². The molecule has 0 aliphatic carbocycles. The second-order valence-electron chi connectivity index (χ2n) is 4.32. The van der Waals surface area contributed by atoms with Crippen LogP contribution in [0.25, 0.3) is 0 Å². The zero-order valence-corrected chi connectivity index (χ0v) is 14.2. The Hall–Kier alpha value is -0.630. The number of benzene rings is 1. The van der Waals surface area contributed by atoms with Gasteiger partial charge in [0.05, 0.1) is 26.1 Å². The predicted octanol–water partition coefficient (Wildman–Crippen LogP) is 3.10. The van der Waals surface area contributed by atoms with Crippen molar-refractivity contribution in [2.75, 3.05) is 0 Å². The SMILES string of the molecule is CCCC(C)OC(=O)c1cc(Cl)c(Br)c(S(N)(=O)=O)c1. The maximum Gasteiger partial charge on any atom is 0.338 e. The average Bonchev–Trinajstić information content (AvgIpc) is 2.30. The van der Waals surface area contributed by atoms with Gasteiger partial charge in [-0.1, -0.05) is 24.9 Å². The fourth-order valence-corrected chi connectivity index (χ4v) is 3.44. The highest BCUT2D eigenvalue weighted by atomic mass is 79.9. The summed E-state index contributed by atoms with van der Waals surface area (Å²) in [7, 11) is -3.99. The van der Waals surface area contributed by atoms with Crippen LogP contribution >= 0.6 is 27.5 Å². The van der Waals surface area contributed by atoms with Gasteiger partial charge in [-0.05, 0) is 41.4 Å². The largest absolute Gasteiger partial charge is 0.459 e. The number of hydrogen-bond donors (Lipinski definition) is 1. The normalized spacial score (nSPS) is 13.1. The zero-order valence-electron chi connectivity index (χ0n) is 11.0. The quantitative estimate of drug-likeness (QED) is 0.790. The molecule has 0 aliphatic heterocycles. The van der Waals surface area contributed by atoms with E-state index in [1.807, 2.05) is 6.92 Å². The summed E-state index contributed by atoms with van der Waals surface area (Å²) in [5, 5.41) is 5.15. The van der Waals surface area contributed by atoms with Gasteiger partial charge in [-0.2, -0.15) is 0 Å². The summed E-state index contributed by atoms with van der Waals surface area (Å²) in [6.07, 6.45) is 1.34. The van der Waals surface area contributed by atoms with Crippen LogP contribution in [0.1, 0.15) is 37.0 Å². The van der Waals surface area contributed by atoms with E-state index in [0.717, 1.165) is 18.9 Å². The second-order valence-corrected chi connectivity index (χ2v) is 7.05. The molecule has 0 amide bonds. The molecule has 20 heavy (non-hydrogen) atoms. The van der Waals surface area contributed by atoms with E-state index in [9.17, 15) is 13.2 Å². The number of esters is 1. The number of sulfonamides is 1. The molecule has 0 spiro atoms. The summed E-state index contributed by atoms with van der Waals surface area (Å²) < 4.78 is 28.2. The molecule has 1 aromatic carbocycles. The molecule has 1 rings (SSSR count). The Kier molecular flexibility index (Phi) is 6.00. The first-order chi connectivity index (χ1) is 9.16. The van der Waals surface area contributed by atoms with Gasteiger partial charge in [0.15, 0.2) is 0 Å². The summed E-state index contributed by atoms with van der Waals surface area (Å²) in [5.41, 5.74) is 0.0465. The third kappa shape index (κ3) is 4.44. The molecule has 0 saturated carbocycles. The Morgan fingerprint density at radius 2 is 2.10 bits per heavy atom. The monoisotopic (exact) mass is 383 g/mol. The van der Waals surface area contributed by atoms with Gasteiger partial charge in [-0.15, -0.1) is 0 Å². The van der Waals surface area contributed by atoms with Crippen LogP contribution in [0.3, 0.4) is 0 Å². The van der Waals surface area contributed by atoms with Crippen LogP contribution in [-0.2, 0) is 14.8 Å². The topological polar surface area (TPSA) is 86.5 Å². The highest BCUT2D eigenvalue weighted by Crippen LogP contribution is 2.31. The van der Waals surface area contributed by atoms with Gasteiger partial charge in [-0.25, -0.2) is 18.4 Å². The summed E-state index contributed by atoms with van der Waals surface area (Å²) in [4.78, 5) is 11.7. The number of carbonyl (C=O) groups excluding carboxylic acids is 1. The van der Waals surface area contributed by atoms with Crippen LogP contribution < -0.4 is 5.14 Å². The Balaban J connectivity index is 3.15. The molecule has 0 heterocycles. The van der Waals surface area contributed by atoms with Crippen molar-refractivity contribution in [2.45, 2.75) is 37.7 Å². The van der Waals surface area contributed by atoms with Crippen molar-refractivity contribution in [1.82, 2.24) is 0 Å². The molecule has 8 heteroatoms. The van der Waals surface area contributed by atoms with E-state index in [1.54, 1.807) is 6.92 Å². The Morgan fingerprint density at radius 1 is 1.50 bits per heavy atom. The average molecular weight is 385 g/mol. The standard InChI is InChI=1S/C12H15BrClNO4S/c1-3-4-7(2)19-12(16)8-5-9(14)11(13)10(6-8)20(15,17)18/h5-7H,3-4H2,1-2H3,(H2,15,17,18). The van der Waals surface area contributed by atoms with E-state index in [2.05, 4.69) is 15.9 Å². The van der Waals surface area contributed by atoms with E-state index in [1.165, 1.54) is 6.07 Å². The first-order valence-electron chi connectivity index (χ1n) is 5.89. The van der Waals surface area contributed by atoms with Crippen molar-refractivity contribution in [3.05, 3.63) is 27.2 Å². The summed E-state index contributed by atoms with van der Waals surface area (Å²) in [5.74, 6) is -0.634. The number of halogens is 2. The van der Waals surface area contributed by atoms with Gasteiger partial charge in [0.1, 0.15) is 0 Å². The van der Waals surface area contributed by atoms with E-state index in [0.29, 0.717) is 0 Å². The Morgan fingerprint density at radius 3 is 2.60 bits per heavy atom. The molecular weight excluding hydrogens is 370 g/mol. The van der Waals surface area contributed by atoms with Gasteiger partial charge in [-0.3, -0.25) is 0 Å². The van der Waals surface area contributed by atoms with Crippen LogP contribution in [0.15, 0.2) is 21.5 Å². The molecule has 0 aliphatic rings. The lowest BCUT2D eigenvalue weighted by Gasteiger charge is -2.13. The second kappa shape index (κ2) is 6.89. The Bertz CT molecular complexity index is 618. The van der Waals surface area contributed by atoms with Crippen molar-refractivity contribution in [3.8, 4) is 0 Å². The lowest BCUT2D eigenvalue weighted by Crippen LogP contribution is -2.17. The van der Waals surface area contributed by atoms with Gasteiger partial charge in [0, 0.05) is 0 Å². The molecule has 0 saturated heterocycles. The number of rotatable bonds is 5. The number of ether oxygens (including phenoxy) is 1. The van der Waals surface area contributed by atoms with Gasteiger partial charge >= 0.3 is 5.97 Å². The third-order valence-corrected chi connectivity index (χ3v) is 5.12. The first kappa shape index (κ1) is 17.4. The lowest BCUT2D eigenvalue weighted by molar-refractivity contribution is 0.0323. The van der Waals surface area contributed by atoms with Crippen LogP contribution in [0.5, 0.6) is 0 Å². The minimum atomic E-state index is -3.99. The Labute approximate surface area is 131 Å². The van der Waals surface area contributed by atoms with Crippen molar-refractivity contribution >= 4 is 43.5 Å². The number of nitrogens with two attached hydrogens (primary N) is 1. The summed E-state index contributed by atoms with van der Waals surface area (Å²) in [6, 6.07) is 2.48. The molecule has 0 fully saturated rings. The van der Waals surface area contributed by atoms with E-state index in [4.69, 9.17) is 21.5 Å². The number of primary sulfonamides is 1. The fourth-order valence-electron chi connectivity index (χ4n) is 1.60. The molecule has 2 N–H and O–H groups in total.